The Balaban J connectivity index is 2.40. The van der Waals surface area contributed by atoms with Gasteiger partial charge in [-0.3, -0.25) is 4.79 Å². The standard InChI is InChI=1S/C9H16N4O/c1-2-10-3-5-13-6-4-12-9(13)7-11-8-14/h4,6,8,10H,2-3,5,7H2,1H3,(H,11,14). The predicted molar refractivity (Wildman–Crippen MR) is 53.7 cm³/mol. The molecule has 0 unspecified atom stereocenters. The molecule has 0 fully saturated rings. The van der Waals surface area contributed by atoms with Crippen LogP contribution >= 0.6 is 0 Å². The smallest absolute Gasteiger partial charge is 0.207 e. The largest absolute Gasteiger partial charge is 0.351 e. The van der Waals surface area contributed by atoms with Gasteiger partial charge in [0.05, 0.1) is 6.54 Å². The average Bonchev–Trinajstić information content (AvgIpc) is 2.63. The quantitative estimate of drug-likeness (QED) is 0.466. The first-order valence-electron chi connectivity index (χ1n) is 4.76. The van der Waals surface area contributed by atoms with Crippen molar-refractivity contribution in [2.75, 3.05) is 13.1 Å². The van der Waals surface area contributed by atoms with Crippen LogP contribution in [0.3, 0.4) is 0 Å². The summed E-state index contributed by atoms with van der Waals surface area (Å²) in [5, 5.41) is 5.83. The number of rotatable bonds is 7. The summed E-state index contributed by atoms with van der Waals surface area (Å²) in [6.45, 7) is 5.33. The zero-order valence-electron chi connectivity index (χ0n) is 8.36. The number of nitrogens with one attached hydrogen (secondary N) is 2. The predicted octanol–water partition coefficient (Wildman–Crippen LogP) is -0.261. The van der Waals surface area contributed by atoms with Gasteiger partial charge >= 0.3 is 0 Å². The molecule has 14 heavy (non-hydrogen) atoms. The number of amides is 1. The fourth-order valence-corrected chi connectivity index (χ4v) is 1.22. The van der Waals surface area contributed by atoms with Crippen molar-refractivity contribution >= 4 is 6.41 Å². The summed E-state index contributed by atoms with van der Waals surface area (Å²) in [6.07, 6.45) is 4.34. The van der Waals surface area contributed by atoms with Crippen molar-refractivity contribution in [1.29, 1.82) is 0 Å². The van der Waals surface area contributed by atoms with Crippen molar-refractivity contribution < 1.29 is 4.79 Å². The van der Waals surface area contributed by atoms with Gasteiger partial charge in [-0.1, -0.05) is 6.92 Å². The molecule has 0 aliphatic heterocycles. The van der Waals surface area contributed by atoms with Gasteiger partial charge in [0.15, 0.2) is 0 Å². The number of hydrogen-bond acceptors (Lipinski definition) is 3. The molecular weight excluding hydrogens is 180 g/mol. The lowest BCUT2D eigenvalue weighted by molar-refractivity contribution is -0.109. The van der Waals surface area contributed by atoms with E-state index in [-0.39, 0.29) is 0 Å². The SMILES string of the molecule is CCNCCn1ccnc1CNC=O. The van der Waals surface area contributed by atoms with Crippen molar-refractivity contribution in [3.8, 4) is 0 Å². The van der Waals surface area contributed by atoms with E-state index in [2.05, 4.69) is 22.5 Å². The summed E-state index contributed by atoms with van der Waals surface area (Å²) >= 11 is 0. The average molecular weight is 196 g/mol. The third-order valence-electron chi connectivity index (χ3n) is 1.92. The number of likely N-dealkylation sites (N-methyl/N-ethyl adjacent to an activating group) is 1. The highest BCUT2D eigenvalue weighted by molar-refractivity contribution is 5.45. The molecule has 0 bridgehead atoms. The fraction of sp³-hybridized carbons (Fsp3) is 0.556. The first-order chi connectivity index (χ1) is 6.88. The lowest BCUT2D eigenvalue weighted by atomic mass is 10.5. The molecule has 0 radical (unpaired) electrons. The van der Waals surface area contributed by atoms with Crippen LogP contribution in [0.4, 0.5) is 0 Å². The molecule has 0 aliphatic carbocycles. The Morgan fingerprint density at radius 2 is 2.50 bits per heavy atom. The minimum Gasteiger partial charge on any atom is -0.351 e. The van der Waals surface area contributed by atoms with E-state index in [1.807, 2.05) is 10.8 Å². The molecule has 1 amide bonds. The van der Waals surface area contributed by atoms with Crippen molar-refractivity contribution in [3.05, 3.63) is 18.2 Å². The molecule has 1 heterocycles. The van der Waals surface area contributed by atoms with Crippen LogP contribution in [0.2, 0.25) is 0 Å². The van der Waals surface area contributed by atoms with Crippen LogP contribution in [-0.2, 0) is 17.9 Å². The van der Waals surface area contributed by atoms with Gasteiger partial charge in [0.2, 0.25) is 6.41 Å². The zero-order chi connectivity index (χ0) is 10.2. The minimum atomic E-state index is 0.489. The topological polar surface area (TPSA) is 59.0 Å². The van der Waals surface area contributed by atoms with E-state index >= 15 is 0 Å². The van der Waals surface area contributed by atoms with Crippen molar-refractivity contribution in [2.24, 2.45) is 0 Å². The van der Waals surface area contributed by atoms with E-state index in [0.29, 0.717) is 13.0 Å². The van der Waals surface area contributed by atoms with Gasteiger partial charge in [-0.2, -0.15) is 0 Å². The molecule has 0 saturated heterocycles. The molecule has 5 heteroatoms. The number of aromatic nitrogens is 2. The minimum absolute atomic E-state index is 0.489. The Morgan fingerprint density at radius 1 is 1.64 bits per heavy atom. The Morgan fingerprint density at radius 3 is 3.21 bits per heavy atom. The third kappa shape index (κ3) is 3.18. The molecule has 0 spiro atoms. The van der Waals surface area contributed by atoms with Gasteiger partial charge in [0.1, 0.15) is 5.82 Å². The number of carbonyl (C=O) groups is 1. The van der Waals surface area contributed by atoms with E-state index in [9.17, 15) is 4.79 Å². The van der Waals surface area contributed by atoms with E-state index in [4.69, 9.17) is 0 Å². The molecule has 2 N–H and O–H groups in total. The Labute approximate surface area is 83.5 Å². The first-order valence-corrected chi connectivity index (χ1v) is 4.76. The first kappa shape index (κ1) is 10.7. The van der Waals surface area contributed by atoms with Crippen LogP contribution in [-0.4, -0.2) is 29.1 Å². The van der Waals surface area contributed by atoms with Gasteiger partial charge in [0, 0.05) is 25.5 Å². The summed E-state index contributed by atoms with van der Waals surface area (Å²) in [7, 11) is 0. The maximum absolute atomic E-state index is 10.1. The van der Waals surface area contributed by atoms with E-state index < -0.39 is 0 Å². The number of nitrogens with zero attached hydrogens (tertiary/aromatic N) is 2. The Kier molecular flexibility index (Phi) is 4.71. The van der Waals surface area contributed by atoms with Gasteiger partial charge < -0.3 is 15.2 Å². The molecule has 0 saturated carbocycles. The summed E-state index contributed by atoms with van der Waals surface area (Å²) in [4.78, 5) is 14.3. The lowest BCUT2D eigenvalue weighted by Gasteiger charge is -2.07. The molecule has 1 aromatic heterocycles. The number of carbonyl (C=O) groups excluding carboxylic acids is 1. The van der Waals surface area contributed by atoms with Crippen LogP contribution < -0.4 is 10.6 Å². The van der Waals surface area contributed by atoms with E-state index in [1.54, 1.807) is 6.20 Å². The zero-order valence-corrected chi connectivity index (χ0v) is 8.36. The lowest BCUT2D eigenvalue weighted by Crippen LogP contribution is -2.21. The molecule has 78 valence electrons. The van der Waals surface area contributed by atoms with Crippen molar-refractivity contribution in [2.45, 2.75) is 20.0 Å². The van der Waals surface area contributed by atoms with Crippen LogP contribution in [0.25, 0.3) is 0 Å². The summed E-state index contributed by atoms with van der Waals surface area (Å²) in [6, 6.07) is 0. The highest BCUT2D eigenvalue weighted by Crippen LogP contribution is 1.95. The summed E-state index contributed by atoms with van der Waals surface area (Å²) in [5.74, 6) is 0.884. The van der Waals surface area contributed by atoms with Crippen LogP contribution in [0.1, 0.15) is 12.7 Å². The van der Waals surface area contributed by atoms with E-state index in [0.717, 1.165) is 25.5 Å². The third-order valence-corrected chi connectivity index (χ3v) is 1.92. The van der Waals surface area contributed by atoms with Crippen molar-refractivity contribution in [1.82, 2.24) is 20.2 Å². The molecule has 5 nitrogen and oxygen atoms in total. The van der Waals surface area contributed by atoms with Gasteiger partial charge in [-0.05, 0) is 6.54 Å². The second kappa shape index (κ2) is 6.15. The Hall–Kier alpha value is -1.36. The second-order valence-corrected chi connectivity index (χ2v) is 2.89. The second-order valence-electron chi connectivity index (χ2n) is 2.89. The van der Waals surface area contributed by atoms with Crippen LogP contribution in [0, 0.1) is 0 Å². The van der Waals surface area contributed by atoms with E-state index in [1.165, 1.54) is 0 Å². The highest BCUT2D eigenvalue weighted by atomic mass is 16.1. The van der Waals surface area contributed by atoms with Gasteiger partial charge in [-0.15, -0.1) is 0 Å². The fourth-order valence-electron chi connectivity index (χ4n) is 1.22. The van der Waals surface area contributed by atoms with Gasteiger partial charge in [0.25, 0.3) is 0 Å². The molecule has 0 aromatic carbocycles. The number of imidazole rings is 1. The van der Waals surface area contributed by atoms with Crippen molar-refractivity contribution in [3.63, 3.8) is 0 Å². The van der Waals surface area contributed by atoms with Crippen LogP contribution in [0.5, 0.6) is 0 Å². The molecule has 0 aliphatic rings. The molecule has 1 aromatic rings. The Bertz CT molecular complexity index is 272. The summed E-state index contributed by atoms with van der Waals surface area (Å²) in [5.41, 5.74) is 0. The van der Waals surface area contributed by atoms with Gasteiger partial charge in [-0.25, -0.2) is 4.98 Å². The monoisotopic (exact) mass is 196 g/mol. The highest BCUT2D eigenvalue weighted by Gasteiger charge is 2.00. The maximum Gasteiger partial charge on any atom is 0.207 e. The maximum atomic E-state index is 10.1. The number of hydrogen-bond donors (Lipinski definition) is 2. The molecule has 0 atom stereocenters. The molecular formula is C9H16N4O. The summed E-state index contributed by atoms with van der Waals surface area (Å²) < 4.78 is 2.03. The normalized spacial score (nSPS) is 10.1. The van der Waals surface area contributed by atoms with Crippen LogP contribution in [0.15, 0.2) is 12.4 Å². The molecule has 1 rings (SSSR count).